The Kier molecular flexibility index (Phi) is 7.05. The molecule has 1 unspecified atom stereocenters. The smallest absolute Gasteiger partial charge is 0.169 e. The zero-order valence-electron chi connectivity index (χ0n) is 20.0. The van der Waals surface area contributed by atoms with Gasteiger partial charge in [0.1, 0.15) is 17.6 Å². The van der Waals surface area contributed by atoms with E-state index in [1.54, 1.807) is 19.2 Å². The summed E-state index contributed by atoms with van der Waals surface area (Å²) in [6, 6.07) is 12.9. The highest BCUT2D eigenvalue weighted by Crippen LogP contribution is 2.45. The number of aromatic nitrogens is 3. The van der Waals surface area contributed by atoms with Crippen molar-refractivity contribution >= 4 is 34.5 Å². The van der Waals surface area contributed by atoms with Crippen LogP contribution in [0.1, 0.15) is 24.5 Å². The van der Waals surface area contributed by atoms with E-state index < -0.39 is 0 Å². The normalized spacial score (nSPS) is 16.2. The first-order chi connectivity index (χ1) is 17.5. The number of rotatable bonds is 7. The van der Waals surface area contributed by atoms with Gasteiger partial charge in [-0.3, -0.25) is 4.90 Å². The van der Waals surface area contributed by atoms with Gasteiger partial charge in [0, 0.05) is 29.6 Å². The number of anilines is 1. The van der Waals surface area contributed by atoms with Gasteiger partial charge in [-0.05, 0) is 55.3 Å². The average Bonchev–Trinajstić information content (AvgIpc) is 3.18. The molecule has 0 amide bonds. The topological polar surface area (TPSA) is 77.9 Å². The van der Waals surface area contributed by atoms with Crippen molar-refractivity contribution < 1.29 is 9.47 Å². The van der Waals surface area contributed by atoms with Crippen LogP contribution in [0.15, 0.2) is 61.4 Å². The molecular formula is C27H27Cl2N5O2. The number of nitrogens with two attached hydrogens (primary N) is 1. The average molecular weight is 524 g/mol. The van der Waals surface area contributed by atoms with Crippen molar-refractivity contribution in [3.8, 4) is 28.4 Å². The van der Waals surface area contributed by atoms with Crippen LogP contribution in [0.3, 0.4) is 0 Å². The largest absolute Gasteiger partial charge is 0.493 e. The number of piperidine rings is 1. The third-order valence-corrected chi connectivity index (χ3v) is 7.10. The summed E-state index contributed by atoms with van der Waals surface area (Å²) in [6.07, 6.45) is 5.49. The molecule has 0 saturated carbocycles. The lowest BCUT2D eigenvalue weighted by atomic mass is 9.94. The minimum Gasteiger partial charge on any atom is -0.493 e. The van der Waals surface area contributed by atoms with Crippen molar-refractivity contribution in [1.29, 1.82) is 0 Å². The van der Waals surface area contributed by atoms with E-state index in [9.17, 15) is 0 Å². The second kappa shape index (κ2) is 10.4. The van der Waals surface area contributed by atoms with Crippen LogP contribution >= 0.6 is 23.2 Å². The Hall–Kier alpha value is -3.26. The minimum absolute atomic E-state index is 0.203. The van der Waals surface area contributed by atoms with Gasteiger partial charge in [0.2, 0.25) is 0 Å². The van der Waals surface area contributed by atoms with Crippen LogP contribution in [0.2, 0.25) is 10.0 Å². The van der Waals surface area contributed by atoms with Crippen molar-refractivity contribution in [3.05, 3.63) is 77.2 Å². The molecule has 2 aromatic carbocycles. The Bertz CT molecular complexity index is 1420. The maximum Gasteiger partial charge on any atom is 0.169 e. The number of halogens is 2. The number of fused-ring (bicyclic) bond motifs is 1. The lowest BCUT2D eigenvalue weighted by Gasteiger charge is -2.31. The zero-order chi connectivity index (χ0) is 25.2. The first kappa shape index (κ1) is 24.4. The first-order valence-corrected chi connectivity index (χ1v) is 12.5. The summed E-state index contributed by atoms with van der Waals surface area (Å²) < 4.78 is 13.6. The summed E-state index contributed by atoms with van der Waals surface area (Å²) in [5, 5.41) is 5.77. The molecule has 1 saturated heterocycles. The van der Waals surface area contributed by atoms with Crippen LogP contribution in [-0.4, -0.2) is 46.2 Å². The maximum absolute atomic E-state index is 7.13. The van der Waals surface area contributed by atoms with Crippen LogP contribution < -0.4 is 15.2 Å². The molecule has 0 bridgehead atoms. The summed E-state index contributed by atoms with van der Waals surface area (Å²) in [6.45, 7) is 6.64. The predicted octanol–water partition coefficient (Wildman–Crippen LogP) is 6.45. The number of likely N-dealkylation sites (tertiary alicyclic amines) is 1. The summed E-state index contributed by atoms with van der Waals surface area (Å²) in [7, 11) is 1.60. The molecule has 2 N–H and O–H groups in total. The highest BCUT2D eigenvalue weighted by atomic mass is 35.5. The second-order valence-corrected chi connectivity index (χ2v) is 9.61. The third-order valence-electron chi connectivity index (χ3n) is 6.48. The van der Waals surface area contributed by atoms with Crippen molar-refractivity contribution in [1.82, 2.24) is 19.5 Å². The molecule has 186 valence electrons. The molecule has 0 spiro atoms. The molecule has 9 heteroatoms. The van der Waals surface area contributed by atoms with Crippen LogP contribution in [0, 0.1) is 0 Å². The molecule has 7 nitrogen and oxygen atoms in total. The number of nitrogens with zero attached hydrogens (tertiary/aromatic N) is 4. The third kappa shape index (κ3) is 4.62. The van der Waals surface area contributed by atoms with Crippen LogP contribution in [0.25, 0.3) is 16.6 Å². The van der Waals surface area contributed by atoms with E-state index in [0.717, 1.165) is 49.3 Å². The predicted molar refractivity (Wildman–Crippen MR) is 145 cm³/mol. The summed E-state index contributed by atoms with van der Waals surface area (Å²) >= 11 is 13.2. The van der Waals surface area contributed by atoms with Crippen molar-refractivity contribution in [2.75, 3.05) is 32.5 Å². The van der Waals surface area contributed by atoms with Crippen molar-refractivity contribution in [2.24, 2.45) is 0 Å². The lowest BCUT2D eigenvalue weighted by Crippen LogP contribution is -2.35. The molecule has 2 aromatic heterocycles. The van der Waals surface area contributed by atoms with Gasteiger partial charge in [-0.15, -0.1) is 6.58 Å². The van der Waals surface area contributed by atoms with Crippen LogP contribution in [0.5, 0.6) is 17.2 Å². The van der Waals surface area contributed by atoms with Crippen molar-refractivity contribution in [3.63, 3.8) is 0 Å². The van der Waals surface area contributed by atoms with E-state index >= 15 is 0 Å². The highest BCUT2D eigenvalue weighted by Gasteiger charge is 2.30. The number of hydrogen-bond donors (Lipinski definition) is 1. The van der Waals surface area contributed by atoms with E-state index in [2.05, 4.69) is 21.6 Å². The SMILES string of the molecule is C=CCN1CCCC(c2c(Cl)c(-c3ccc(Oc4cccc(Cl)c4)c(OC)c3)c3c(N)ncnn23)C1. The standard InChI is InChI=1S/C27H27Cl2N5O2/c1-3-11-33-12-5-6-18(15-33)25-24(29)23(26-27(30)31-16-32-34(25)26)17-9-10-21(22(13-17)35-2)36-20-8-4-7-19(28)14-20/h3-4,7-10,13-14,16,18H,1,5-6,11-12,15H2,2H3,(H2,30,31,32). The van der Waals surface area contributed by atoms with Crippen LogP contribution in [0.4, 0.5) is 5.82 Å². The quantitative estimate of drug-likeness (QED) is 0.280. The molecule has 36 heavy (non-hydrogen) atoms. The molecule has 1 fully saturated rings. The molecule has 1 atom stereocenters. The van der Waals surface area contributed by atoms with Gasteiger partial charge in [-0.1, -0.05) is 41.4 Å². The van der Waals surface area contributed by atoms with Crippen LogP contribution in [-0.2, 0) is 0 Å². The Morgan fingerprint density at radius 3 is 2.83 bits per heavy atom. The number of ether oxygens (including phenoxy) is 2. The fraction of sp³-hybridized carbons (Fsp3) is 0.259. The van der Waals surface area contributed by atoms with Gasteiger partial charge in [-0.25, -0.2) is 9.50 Å². The minimum atomic E-state index is 0.203. The summed E-state index contributed by atoms with van der Waals surface area (Å²) in [4.78, 5) is 6.64. The van der Waals surface area contributed by atoms with E-state index in [0.29, 0.717) is 38.6 Å². The Balaban J connectivity index is 1.59. The summed E-state index contributed by atoms with van der Waals surface area (Å²) in [5.74, 6) is 2.29. The Morgan fingerprint density at radius 1 is 1.19 bits per heavy atom. The van der Waals surface area contributed by atoms with Gasteiger partial charge in [0.05, 0.1) is 17.8 Å². The lowest BCUT2D eigenvalue weighted by molar-refractivity contribution is 0.225. The molecule has 3 heterocycles. The number of hydrogen-bond acceptors (Lipinski definition) is 6. The molecule has 1 aliphatic rings. The maximum atomic E-state index is 7.13. The monoisotopic (exact) mass is 523 g/mol. The van der Waals surface area contributed by atoms with Gasteiger partial charge < -0.3 is 15.2 Å². The van der Waals surface area contributed by atoms with Gasteiger partial charge in [-0.2, -0.15) is 5.10 Å². The van der Waals surface area contributed by atoms with E-state index in [1.165, 1.54) is 6.33 Å². The molecule has 5 rings (SSSR count). The van der Waals surface area contributed by atoms with Crippen molar-refractivity contribution in [2.45, 2.75) is 18.8 Å². The van der Waals surface area contributed by atoms with Gasteiger partial charge >= 0.3 is 0 Å². The van der Waals surface area contributed by atoms with E-state index in [1.807, 2.05) is 40.9 Å². The fourth-order valence-electron chi connectivity index (χ4n) is 4.92. The molecular weight excluding hydrogens is 497 g/mol. The fourth-order valence-corrected chi connectivity index (χ4v) is 5.53. The number of methoxy groups -OCH3 is 1. The van der Waals surface area contributed by atoms with E-state index in [-0.39, 0.29) is 5.92 Å². The Labute approximate surface area is 220 Å². The second-order valence-electron chi connectivity index (χ2n) is 8.79. The zero-order valence-corrected chi connectivity index (χ0v) is 21.5. The molecule has 1 aliphatic heterocycles. The number of benzene rings is 2. The molecule has 0 aliphatic carbocycles. The summed E-state index contributed by atoms with van der Waals surface area (Å²) in [5.41, 5.74) is 9.62. The first-order valence-electron chi connectivity index (χ1n) is 11.8. The molecule has 0 radical (unpaired) electrons. The highest BCUT2D eigenvalue weighted by molar-refractivity contribution is 6.35. The molecule has 4 aromatic rings. The van der Waals surface area contributed by atoms with Gasteiger partial charge in [0.25, 0.3) is 0 Å². The number of nitrogen functional groups attached to an aromatic ring is 1. The van der Waals surface area contributed by atoms with E-state index in [4.69, 9.17) is 38.4 Å². The Morgan fingerprint density at radius 2 is 2.06 bits per heavy atom. The van der Waals surface area contributed by atoms with Gasteiger partial charge in [0.15, 0.2) is 17.3 Å².